The molecule has 9 heteroatoms. The molecule has 0 saturated carbocycles. The predicted octanol–water partition coefficient (Wildman–Crippen LogP) is 8.91. The average Bonchev–Trinajstić information content (AvgIpc) is 3.79. The smallest absolute Gasteiger partial charge is 0.144 e. The molecule has 4 N–H and O–H groups in total. The zero-order valence-electron chi connectivity index (χ0n) is 26.9. The van der Waals surface area contributed by atoms with Crippen LogP contribution in [0, 0.1) is 22.7 Å². The van der Waals surface area contributed by atoms with Crippen molar-refractivity contribution in [2.24, 2.45) is 0 Å². The van der Waals surface area contributed by atoms with Crippen molar-refractivity contribution < 1.29 is 4.74 Å². The molecule has 0 saturated heterocycles. The molecule has 3 aromatic carbocycles. The number of nitrogens with two attached hydrogens (primary N) is 2. The Hall–Kier alpha value is -5.22. The highest BCUT2D eigenvalue weighted by Crippen LogP contribution is 2.41. The molecule has 0 unspecified atom stereocenters. The van der Waals surface area contributed by atoms with Crippen molar-refractivity contribution >= 4 is 51.0 Å². The molecule has 5 rings (SSSR count). The van der Waals surface area contributed by atoms with Crippen LogP contribution in [0.2, 0.25) is 0 Å². The molecule has 0 aliphatic heterocycles. The molecule has 0 aliphatic carbocycles. The lowest BCUT2D eigenvalue weighted by molar-refractivity contribution is 0.326. The Kier molecular flexibility index (Phi) is 10.8. The summed E-state index contributed by atoms with van der Waals surface area (Å²) in [5.74, 6) is 0.595. The number of ether oxygens (including phenoxy) is 1. The van der Waals surface area contributed by atoms with Crippen LogP contribution in [-0.2, 0) is 0 Å². The Morgan fingerprint density at radius 1 is 0.681 bits per heavy atom. The summed E-state index contributed by atoms with van der Waals surface area (Å²) >= 11 is 3.18. The molecule has 5 aromatic rings. The van der Waals surface area contributed by atoms with Crippen LogP contribution in [0.4, 0.5) is 22.7 Å². The summed E-state index contributed by atoms with van der Waals surface area (Å²) in [6, 6.07) is 34.7. The van der Waals surface area contributed by atoms with E-state index in [4.69, 9.17) is 16.2 Å². The zero-order valence-corrected chi connectivity index (χ0v) is 28.5. The van der Waals surface area contributed by atoms with E-state index in [0.29, 0.717) is 35.8 Å². The second-order valence-electron chi connectivity index (χ2n) is 10.8. The number of hydrogen-bond acceptors (Lipinski definition) is 9. The van der Waals surface area contributed by atoms with E-state index in [0.717, 1.165) is 56.0 Å². The van der Waals surface area contributed by atoms with Crippen LogP contribution in [0.15, 0.2) is 96.6 Å². The number of benzene rings is 3. The van der Waals surface area contributed by atoms with Crippen LogP contribution in [0.5, 0.6) is 5.75 Å². The molecule has 0 bridgehead atoms. The number of allylic oxidation sites excluding steroid dienone is 1. The van der Waals surface area contributed by atoms with Crippen molar-refractivity contribution in [1.29, 1.82) is 10.5 Å². The Balaban J connectivity index is 1.33. The van der Waals surface area contributed by atoms with Gasteiger partial charge in [0.25, 0.3) is 0 Å². The molecular weight excluding hydrogens is 621 g/mol. The molecule has 0 aliphatic rings. The largest absolute Gasteiger partial charge is 0.490 e. The van der Waals surface area contributed by atoms with E-state index < -0.39 is 0 Å². The maximum absolute atomic E-state index is 9.90. The van der Waals surface area contributed by atoms with Crippen LogP contribution < -0.4 is 26.0 Å². The molecule has 0 atom stereocenters. The average molecular weight is 659 g/mol. The fraction of sp³-hybridized carbons (Fsp3) is 0.211. The molecule has 7 nitrogen and oxygen atoms in total. The van der Waals surface area contributed by atoms with E-state index in [-0.39, 0.29) is 5.57 Å². The van der Waals surface area contributed by atoms with Crippen LogP contribution in [0.3, 0.4) is 0 Å². The van der Waals surface area contributed by atoms with Crippen LogP contribution in [0.1, 0.15) is 30.5 Å². The van der Waals surface area contributed by atoms with E-state index in [9.17, 15) is 10.5 Å². The Bertz CT molecular complexity index is 1910. The predicted molar refractivity (Wildman–Crippen MR) is 199 cm³/mol. The second kappa shape index (κ2) is 15.4. The van der Waals surface area contributed by atoms with Gasteiger partial charge in [-0.25, -0.2) is 0 Å². The summed E-state index contributed by atoms with van der Waals surface area (Å²) in [6.45, 7) is 10.3. The van der Waals surface area contributed by atoms with Crippen LogP contribution in [0.25, 0.3) is 26.5 Å². The van der Waals surface area contributed by atoms with Crippen LogP contribution in [-0.4, -0.2) is 32.8 Å². The molecule has 0 amide bonds. The maximum atomic E-state index is 9.90. The maximum Gasteiger partial charge on any atom is 0.144 e. The third kappa shape index (κ3) is 7.61. The van der Waals surface area contributed by atoms with Gasteiger partial charge in [-0.1, -0.05) is 24.3 Å². The summed E-state index contributed by atoms with van der Waals surface area (Å²) in [5.41, 5.74) is 18.3. The van der Waals surface area contributed by atoms with Gasteiger partial charge in [0.2, 0.25) is 0 Å². The van der Waals surface area contributed by atoms with E-state index in [1.54, 1.807) is 40.9 Å². The Morgan fingerprint density at radius 3 is 1.68 bits per heavy atom. The van der Waals surface area contributed by atoms with Crippen molar-refractivity contribution in [2.45, 2.75) is 20.8 Å². The first-order chi connectivity index (χ1) is 22.9. The number of anilines is 4. The number of rotatable bonds is 13. The minimum Gasteiger partial charge on any atom is -0.490 e. The van der Waals surface area contributed by atoms with Crippen molar-refractivity contribution in [3.63, 3.8) is 0 Å². The summed E-state index contributed by atoms with van der Waals surface area (Å²) in [4.78, 5) is 8.50. The van der Waals surface area contributed by atoms with Crippen molar-refractivity contribution in [3.8, 4) is 38.8 Å². The molecule has 0 fully saturated rings. The quantitative estimate of drug-likeness (QED) is 0.0959. The van der Waals surface area contributed by atoms with Crippen LogP contribution >= 0.6 is 22.7 Å². The summed E-state index contributed by atoms with van der Waals surface area (Å²) < 4.78 is 5.92. The standard InChI is InChI=1S/C38H38N6OS2/c1-4-43(5-2)30-12-7-26(8-13-30)34-17-19-36(46-34)38(28(24-39)25-40)37-20-18-35(47-37)27-9-14-31(15-10-27)44(6-3)21-22-45-33-23-29(41)11-16-32(33)42/h7-20,23H,4-6,21-22,41-42H2,1-3H3. The highest BCUT2D eigenvalue weighted by atomic mass is 32.1. The van der Waals surface area contributed by atoms with E-state index in [2.05, 4.69) is 103 Å². The number of nitrogens with zero attached hydrogens (tertiary/aromatic N) is 4. The third-order valence-corrected chi connectivity index (χ3v) is 10.3. The van der Waals surface area contributed by atoms with Gasteiger partial charge in [0.1, 0.15) is 30.1 Å². The summed E-state index contributed by atoms with van der Waals surface area (Å²) in [5, 5.41) is 19.8. The molecular formula is C38H38N6OS2. The lowest BCUT2D eigenvalue weighted by Crippen LogP contribution is -2.28. The monoisotopic (exact) mass is 658 g/mol. The highest BCUT2D eigenvalue weighted by Gasteiger charge is 2.18. The normalized spacial score (nSPS) is 10.6. The van der Waals surface area contributed by atoms with Gasteiger partial charge in [-0.3, -0.25) is 0 Å². The number of nitriles is 2. The van der Waals surface area contributed by atoms with Crippen molar-refractivity contribution in [2.75, 3.05) is 54.1 Å². The van der Waals surface area contributed by atoms with Gasteiger partial charge in [0.05, 0.1) is 12.2 Å². The Labute approximate surface area is 285 Å². The lowest BCUT2D eigenvalue weighted by Gasteiger charge is -2.23. The number of nitrogen functional groups attached to an aromatic ring is 2. The number of likely N-dealkylation sites (N-methyl/N-ethyl adjacent to an activating group) is 1. The van der Waals surface area contributed by atoms with E-state index in [1.165, 1.54) is 5.69 Å². The van der Waals surface area contributed by atoms with E-state index in [1.807, 2.05) is 12.1 Å². The van der Waals surface area contributed by atoms with Gasteiger partial charge in [-0.15, -0.1) is 22.7 Å². The first-order valence-corrected chi connectivity index (χ1v) is 17.3. The number of hydrogen-bond donors (Lipinski definition) is 2. The van der Waals surface area contributed by atoms with Gasteiger partial charge < -0.3 is 26.0 Å². The molecule has 0 radical (unpaired) electrons. The van der Waals surface area contributed by atoms with Gasteiger partial charge in [0, 0.05) is 67.8 Å². The molecule has 0 spiro atoms. The SMILES string of the molecule is CCN(CC)c1ccc(-c2ccc(C(=C(C#N)C#N)c3ccc(-c4ccc(N(CC)CCOc5cc(N)ccc5N)cc4)s3)s2)cc1. The minimum atomic E-state index is 0.111. The van der Waals surface area contributed by atoms with E-state index >= 15 is 0 Å². The van der Waals surface area contributed by atoms with Crippen molar-refractivity contribution in [3.05, 3.63) is 106 Å². The number of thiophene rings is 2. The lowest BCUT2D eigenvalue weighted by atomic mass is 10.1. The van der Waals surface area contributed by atoms with Gasteiger partial charge in [0.15, 0.2) is 0 Å². The minimum absolute atomic E-state index is 0.111. The first-order valence-electron chi connectivity index (χ1n) is 15.6. The zero-order chi connectivity index (χ0) is 33.3. The van der Waals surface area contributed by atoms with Gasteiger partial charge >= 0.3 is 0 Å². The molecule has 2 heterocycles. The molecule has 2 aromatic heterocycles. The second-order valence-corrected chi connectivity index (χ2v) is 13.0. The first kappa shape index (κ1) is 33.2. The van der Waals surface area contributed by atoms with Gasteiger partial charge in [-0.2, -0.15) is 10.5 Å². The molecule has 47 heavy (non-hydrogen) atoms. The van der Waals surface area contributed by atoms with Gasteiger partial charge in [-0.05, 0) is 92.6 Å². The fourth-order valence-electron chi connectivity index (χ4n) is 5.43. The van der Waals surface area contributed by atoms with Crippen molar-refractivity contribution in [1.82, 2.24) is 0 Å². The molecule has 238 valence electrons. The fourth-order valence-corrected chi connectivity index (χ4v) is 7.65. The summed E-state index contributed by atoms with van der Waals surface area (Å²) in [6.07, 6.45) is 0. The highest BCUT2D eigenvalue weighted by molar-refractivity contribution is 7.19. The Morgan fingerprint density at radius 2 is 1.19 bits per heavy atom. The topological polar surface area (TPSA) is 115 Å². The third-order valence-electron chi connectivity index (χ3n) is 8.01. The summed E-state index contributed by atoms with van der Waals surface area (Å²) in [7, 11) is 0.